The number of ether oxygens (including phenoxy) is 2. The first-order chi connectivity index (χ1) is 10.8. The van der Waals surface area contributed by atoms with Gasteiger partial charge in [0.1, 0.15) is 5.82 Å². The molecular formula is C16H25FIN3O2. The molecule has 0 spiro atoms. The van der Waals surface area contributed by atoms with Crippen molar-refractivity contribution >= 4 is 29.9 Å². The summed E-state index contributed by atoms with van der Waals surface area (Å²) in [6, 6.07) is 6.43. The van der Waals surface area contributed by atoms with Gasteiger partial charge in [-0.15, -0.1) is 24.0 Å². The number of aliphatic imine (C=N–C) groups is 1. The predicted molar refractivity (Wildman–Crippen MR) is 99.8 cm³/mol. The Morgan fingerprint density at radius 2 is 2.13 bits per heavy atom. The van der Waals surface area contributed by atoms with Gasteiger partial charge in [-0.2, -0.15) is 0 Å². The molecule has 0 aliphatic carbocycles. The fraction of sp³-hybridized carbons (Fsp3) is 0.562. The lowest BCUT2D eigenvalue weighted by Crippen LogP contribution is -2.37. The van der Waals surface area contributed by atoms with Crippen molar-refractivity contribution in [1.82, 2.24) is 10.6 Å². The summed E-state index contributed by atoms with van der Waals surface area (Å²) in [6.45, 7) is 3.64. The molecule has 1 heterocycles. The summed E-state index contributed by atoms with van der Waals surface area (Å²) in [6.07, 6.45) is 2.16. The molecule has 0 bridgehead atoms. The van der Waals surface area contributed by atoms with Gasteiger partial charge >= 0.3 is 0 Å². The highest BCUT2D eigenvalue weighted by Gasteiger charge is 2.15. The van der Waals surface area contributed by atoms with E-state index in [1.54, 1.807) is 19.2 Å². The van der Waals surface area contributed by atoms with Crippen LogP contribution in [0, 0.1) is 5.82 Å². The van der Waals surface area contributed by atoms with Crippen LogP contribution >= 0.6 is 24.0 Å². The minimum atomic E-state index is -0.223. The van der Waals surface area contributed by atoms with Crippen molar-refractivity contribution in [1.29, 1.82) is 0 Å². The van der Waals surface area contributed by atoms with Gasteiger partial charge in [0.2, 0.25) is 0 Å². The second kappa shape index (κ2) is 11.6. The van der Waals surface area contributed by atoms with Gasteiger partial charge < -0.3 is 20.1 Å². The van der Waals surface area contributed by atoms with Crippen LogP contribution in [0.1, 0.15) is 18.4 Å². The molecule has 2 rings (SSSR count). The molecule has 1 atom stereocenters. The van der Waals surface area contributed by atoms with Gasteiger partial charge in [-0.25, -0.2) is 4.39 Å². The topological polar surface area (TPSA) is 54.9 Å². The highest BCUT2D eigenvalue weighted by Crippen LogP contribution is 2.07. The third kappa shape index (κ3) is 7.94. The Labute approximate surface area is 154 Å². The van der Waals surface area contributed by atoms with Crippen molar-refractivity contribution in [3.8, 4) is 0 Å². The average Bonchev–Trinajstić information content (AvgIpc) is 3.05. The third-order valence-corrected chi connectivity index (χ3v) is 3.45. The van der Waals surface area contributed by atoms with Crippen LogP contribution in [-0.2, 0) is 16.0 Å². The lowest BCUT2D eigenvalue weighted by atomic mass is 10.2. The monoisotopic (exact) mass is 437 g/mol. The van der Waals surface area contributed by atoms with E-state index in [0.29, 0.717) is 13.2 Å². The number of rotatable bonds is 7. The first kappa shape index (κ1) is 20.1. The number of benzene rings is 1. The lowest BCUT2D eigenvalue weighted by Gasteiger charge is -2.13. The summed E-state index contributed by atoms with van der Waals surface area (Å²) in [5.74, 6) is 0.507. The van der Waals surface area contributed by atoms with Crippen LogP contribution in [0.5, 0.6) is 0 Å². The van der Waals surface area contributed by atoms with Crippen molar-refractivity contribution in [2.24, 2.45) is 4.99 Å². The van der Waals surface area contributed by atoms with Crippen LogP contribution in [0.15, 0.2) is 29.3 Å². The SMILES string of the molecule is CN=C(NCCCOC1CCOC1)NCc1ccc(F)cc1.I. The van der Waals surface area contributed by atoms with E-state index in [0.717, 1.165) is 44.1 Å². The van der Waals surface area contributed by atoms with E-state index in [-0.39, 0.29) is 35.9 Å². The summed E-state index contributed by atoms with van der Waals surface area (Å²) in [5.41, 5.74) is 1.01. The lowest BCUT2D eigenvalue weighted by molar-refractivity contribution is 0.0420. The van der Waals surface area contributed by atoms with Gasteiger partial charge in [-0.1, -0.05) is 12.1 Å². The minimum absolute atomic E-state index is 0. The van der Waals surface area contributed by atoms with Crippen molar-refractivity contribution in [3.63, 3.8) is 0 Å². The van der Waals surface area contributed by atoms with Crippen LogP contribution in [0.4, 0.5) is 4.39 Å². The Balaban J connectivity index is 0.00000264. The molecule has 7 heteroatoms. The molecular weight excluding hydrogens is 412 g/mol. The van der Waals surface area contributed by atoms with Gasteiger partial charge in [0.25, 0.3) is 0 Å². The molecule has 1 aromatic carbocycles. The van der Waals surface area contributed by atoms with Crippen LogP contribution in [-0.4, -0.2) is 45.5 Å². The average molecular weight is 437 g/mol. The molecule has 0 aromatic heterocycles. The van der Waals surface area contributed by atoms with E-state index in [1.165, 1.54) is 12.1 Å². The number of hydrogen-bond acceptors (Lipinski definition) is 3. The summed E-state index contributed by atoms with van der Waals surface area (Å²) in [5, 5.41) is 6.42. The molecule has 1 saturated heterocycles. The van der Waals surface area contributed by atoms with Crippen LogP contribution < -0.4 is 10.6 Å². The second-order valence-corrected chi connectivity index (χ2v) is 5.19. The molecule has 0 saturated carbocycles. The maximum absolute atomic E-state index is 12.8. The van der Waals surface area contributed by atoms with E-state index in [2.05, 4.69) is 15.6 Å². The number of halogens is 2. The number of nitrogens with one attached hydrogen (secondary N) is 2. The van der Waals surface area contributed by atoms with Gasteiger partial charge in [0.15, 0.2) is 5.96 Å². The maximum atomic E-state index is 12.8. The first-order valence-electron chi connectivity index (χ1n) is 7.66. The molecule has 0 amide bonds. The number of hydrogen-bond donors (Lipinski definition) is 2. The second-order valence-electron chi connectivity index (χ2n) is 5.19. The van der Waals surface area contributed by atoms with Gasteiger partial charge in [-0.3, -0.25) is 4.99 Å². The van der Waals surface area contributed by atoms with Crippen molar-refractivity contribution in [3.05, 3.63) is 35.6 Å². The Morgan fingerprint density at radius 1 is 1.35 bits per heavy atom. The molecule has 5 nitrogen and oxygen atoms in total. The van der Waals surface area contributed by atoms with Crippen LogP contribution in [0.2, 0.25) is 0 Å². The van der Waals surface area contributed by atoms with Crippen molar-refractivity contribution < 1.29 is 13.9 Å². The zero-order valence-electron chi connectivity index (χ0n) is 13.4. The Hall–Kier alpha value is -0.930. The predicted octanol–water partition coefficient (Wildman–Crippen LogP) is 2.30. The molecule has 23 heavy (non-hydrogen) atoms. The van der Waals surface area contributed by atoms with Gasteiger partial charge in [-0.05, 0) is 30.5 Å². The largest absolute Gasteiger partial charge is 0.379 e. The number of nitrogens with zero attached hydrogens (tertiary/aromatic N) is 1. The van der Waals surface area contributed by atoms with Gasteiger partial charge in [0.05, 0.1) is 12.7 Å². The van der Waals surface area contributed by atoms with E-state index in [9.17, 15) is 4.39 Å². The Bertz CT molecular complexity index is 465. The molecule has 1 unspecified atom stereocenters. The van der Waals surface area contributed by atoms with Crippen molar-refractivity contribution in [2.45, 2.75) is 25.5 Å². The molecule has 0 radical (unpaired) electrons. The third-order valence-electron chi connectivity index (χ3n) is 3.45. The summed E-state index contributed by atoms with van der Waals surface area (Å²) >= 11 is 0. The molecule has 1 aromatic rings. The zero-order chi connectivity index (χ0) is 15.6. The van der Waals surface area contributed by atoms with E-state index in [4.69, 9.17) is 9.47 Å². The molecule has 130 valence electrons. The minimum Gasteiger partial charge on any atom is -0.379 e. The van der Waals surface area contributed by atoms with E-state index < -0.39 is 0 Å². The van der Waals surface area contributed by atoms with E-state index in [1.807, 2.05) is 0 Å². The Kier molecular flexibility index (Phi) is 10.1. The zero-order valence-corrected chi connectivity index (χ0v) is 15.7. The van der Waals surface area contributed by atoms with Crippen molar-refractivity contribution in [2.75, 3.05) is 33.4 Å². The molecule has 1 aliphatic heterocycles. The first-order valence-corrected chi connectivity index (χ1v) is 7.66. The molecule has 1 aliphatic rings. The van der Waals surface area contributed by atoms with Gasteiger partial charge in [0, 0.05) is 33.4 Å². The Morgan fingerprint density at radius 3 is 2.78 bits per heavy atom. The fourth-order valence-electron chi connectivity index (χ4n) is 2.18. The highest BCUT2D eigenvalue weighted by atomic mass is 127. The normalized spacial score (nSPS) is 17.7. The van der Waals surface area contributed by atoms with Crippen LogP contribution in [0.25, 0.3) is 0 Å². The highest BCUT2D eigenvalue weighted by molar-refractivity contribution is 14.0. The fourth-order valence-corrected chi connectivity index (χ4v) is 2.18. The molecule has 2 N–H and O–H groups in total. The smallest absolute Gasteiger partial charge is 0.191 e. The van der Waals surface area contributed by atoms with Crippen LogP contribution in [0.3, 0.4) is 0 Å². The number of guanidine groups is 1. The maximum Gasteiger partial charge on any atom is 0.191 e. The molecule has 1 fully saturated rings. The summed E-state index contributed by atoms with van der Waals surface area (Å²) < 4.78 is 23.8. The summed E-state index contributed by atoms with van der Waals surface area (Å²) in [7, 11) is 1.73. The summed E-state index contributed by atoms with van der Waals surface area (Å²) in [4.78, 5) is 4.16. The standard InChI is InChI=1S/C16H24FN3O2.HI/c1-18-16(20-11-13-3-5-14(17)6-4-13)19-8-2-9-22-15-7-10-21-12-15;/h3-6,15H,2,7-12H2,1H3,(H2,18,19,20);1H. The van der Waals surface area contributed by atoms with E-state index >= 15 is 0 Å². The quantitative estimate of drug-likeness (QED) is 0.298.